The van der Waals surface area contributed by atoms with Gasteiger partial charge in [0.2, 0.25) is 0 Å². The number of hydrogen-bond donors (Lipinski definition) is 0. The van der Waals surface area contributed by atoms with Crippen molar-refractivity contribution in [2.24, 2.45) is 0 Å². The van der Waals surface area contributed by atoms with Crippen molar-refractivity contribution < 1.29 is 0 Å². The van der Waals surface area contributed by atoms with Crippen LogP contribution in [0.25, 0.3) is 103 Å². The van der Waals surface area contributed by atoms with Gasteiger partial charge in [-0.2, -0.15) is 0 Å². The smallest absolute Gasteiger partial charge is 0.0548 e. The normalized spacial score (nSPS) is 12.0. The molecule has 10 aromatic rings. The van der Waals surface area contributed by atoms with Gasteiger partial charge in [0.25, 0.3) is 0 Å². The summed E-state index contributed by atoms with van der Waals surface area (Å²) in [5.41, 5.74) is 11.5. The summed E-state index contributed by atoms with van der Waals surface area (Å²) < 4.78 is 5.16. The molecule has 0 amide bonds. The van der Waals surface area contributed by atoms with Crippen molar-refractivity contribution in [2.75, 3.05) is 0 Å². The fraction of sp³-hybridized carbons (Fsp3) is 0.0204. The van der Waals surface area contributed by atoms with Gasteiger partial charge in [-0.3, -0.25) is 0 Å². The van der Waals surface area contributed by atoms with Crippen LogP contribution < -0.4 is 0 Å². The third-order valence-corrected chi connectivity index (χ3v) is 11.6. The second-order valence-corrected chi connectivity index (χ2v) is 14.3. The molecule has 240 valence electrons. The topological polar surface area (TPSA) is 4.93 Å². The Morgan fingerprint density at radius 1 is 0.490 bits per heavy atom. The molecule has 2 heteroatoms. The molecule has 0 N–H and O–H groups in total. The van der Waals surface area contributed by atoms with E-state index < -0.39 is 0 Å². The van der Waals surface area contributed by atoms with Gasteiger partial charge in [0.05, 0.1) is 11.0 Å². The van der Waals surface area contributed by atoms with Crippen LogP contribution in [-0.4, -0.2) is 4.57 Å². The summed E-state index contributed by atoms with van der Waals surface area (Å²) in [5, 5.41) is 10.5. The molecule has 2 aromatic heterocycles. The predicted octanol–water partition coefficient (Wildman–Crippen LogP) is 14.5. The third-order valence-electron chi connectivity index (χ3n) is 10.4. The van der Waals surface area contributed by atoms with Gasteiger partial charge in [-0.25, -0.2) is 0 Å². The standard InChI is InChI=1S/C44H25NS.C5H8/c1-2-12-30-26(9-1)19-22-39-44(30)38-25-42-37(33-15-5-6-18-41(33)46-42)24-40(38)45(39)28-11-7-10-27(23-28)29-20-21-36-32-14-4-3-13-31(32)35-17-8-16-34(29)43(35)36;1-3-5-4-2/h1-25H;3-5H,1H2,2H3/b;5-4-. The van der Waals surface area contributed by atoms with Crippen molar-refractivity contribution in [3.05, 3.63) is 176 Å². The van der Waals surface area contributed by atoms with E-state index in [1.807, 2.05) is 30.4 Å². The van der Waals surface area contributed by atoms with Crippen LogP contribution in [0.3, 0.4) is 0 Å². The second-order valence-electron chi connectivity index (χ2n) is 13.2. The van der Waals surface area contributed by atoms with Crippen molar-refractivity contribution in [3.63, 3.8) is 0 Å². The van der Waals surface area contributed by atoms with Crippen molar-refractivity contribution in [2.45, 2.75) is 6.92 Å². The average Bonchev–Trinajstić information content (AvgIpc) is 3.83. The second kappa shape index (κ2) is 11.7. The fourth-order valence-corrected chi connectivity index (χ4v) is 9.42. The molecule has 0 radical (unpaired) electrons. The van der Waals surface area contributed by atoms with E-state index in [1.54, 1.807) is 6.08 Å². The summed E-state index contributed by atoms with van der Waals surface area (Å²) in [6, 6.07) is 56.4. The Bertz CT molecular complexity index is 3030. The minimum absolute atomic E-state index is 1.18. The Morgan fingerprint density at radius 2 is 1.20 bits per heavy atom. The minimum atomic E-state index is 1.18. The number of nitrogens with zero attached hydrogens (tertiary/aromatic N) is 1. The fourth-order valence-electron chi connectivity index (χ4n) is 8.29. The van der Waals surface area contributed by atoms with Crippen LogP contribution in [0.1, 0.15) is 6.92 Å². The van der Waals surface area contributed by atoms with E-state index in [-0.39, 0.29) is 0 Å². The number of thiophene rings is 1. The van der Waals surface area contributed by atoms with Crippen LogP contribution in [0.15, 0.2) is 176 Å². The van der Waals surface area contributed by atoms with Gasteiger partial charge in [0.15, 0.2) is 0 Å². The van der Waals surface area contributed by atoms with E-state index in [2.05, 4.69) is 163 Å². The van der Waals surface area contributed by atoms with Gasteiger partial charge >= 0.3 is 0 Å². The van der Waals surface area contributed by atoms with Crippen LogP contribution in [0.4, 0.5) is 0 Å². The molecule has 51 heavy (non-hydrogen) atoms. The molecule has 1 nitrogen and oxygen atoms in total. The van der Waals surface area contributed by atoms with Gasteiger partial charge in [-0.05, 0) is 98.2 Å². The van der Waals surface area contributed by atoms with Crippen LogP contribution in [0, 0.1) is 0 Å². The third kappa shape index (κ3) is 4.47. The summed E-state index contributed by atoms with van der Waals surface area (Å²) in [5.74, 6) is 0. The highest BCUT2D eigenvalue weighted by Gasteiger charge is 2.23. The zero-order valence-corrected chi connectivity index (χ0v) is 29.0. The highest BCUT2D eigenvalue weighted by Crippen LogP contribution is 2.49. The van der Waals surface area contributed by atoms with Gasteiger partial charge in [-0.1, -0.05) is 140 Å². The SMILES string of the molecule is C=C/C=C\C.c1cc(-c2ccc3c4c(cccc24)-c2ccccc2-3)cc(-n2c3cc4c(cc3c3c5ccccc5ccc32)sc2ccccc24)c1. The molecule has 0 aliphatic heterocycles. The monoisotopic (exact) mass is 667 g/mol. The van der Waals surface area contributed by atoms with Gasteiger partial charge in [-0.15, -0.1) is 11.3 Å². The van der Waals surface area contributed by atoms with E-state index in [0.29, 0.717) is 0 Å². The first-order valence-electron chi connectivity index (χ1n) is 17.5. The van der Waals surface area contributed by atoms with E-state index >= 15 is 0 Å². The summed E-state index contributed by atoms with van der Waals surface area (Å²) >= 11 is 1.89. The first-order chi connectivity index (χ1) is 25.2. The quantitative estimate of drug-likeness (QED) is 0.165. The molecule has 0 bridgehead atoms. The lowest BCUT2D eigenvalue weighted by atomic mass is 9.94. The molecule has 0 atom stereocenters. The molecule has 0 unspecified atom stereocenters. The van der Waals surface area contributed by atoms with Crippen molar-refractivity contribution >= 4 is 74.9 Å². The Morgan fingerprint density at radius 3 is 2.02 bits per heavy atom. The van der Waals surface area contributed by atoms with Crippen molar-refractivity contribution in [3.8, 4) is 39.1 Å². The zero-order chi connectivity index (χ0) is 34.1. The molecule has 0 saturated heterocycles. The zero-order valence-electron chi connectivity index (χ0n) is 28.2. The van der Waals surface area contributed by atoms with Gasteiger partial charge < -0.3 is 4.57 Å². The van der Waals surface area contributed by atoms with Gasteiger partial charge in [0, 0.05) is 36.6 Å². The summed E-state index contributed by atoms with van der Waals surface area (Å²) in [6.07, 6.45) is 5.58. The maximum atomic E-state index is 3.46. The lowest BCUT2D eigenvalue weighted by Crippen LogP contribution is -1.94. The van der Waals surface area contributed by atoms with E-state index in [4.69, 9.17) is 0 Å². The molecule has 2 heterocycles. The number of aromatic nitrogens is 1. The number of allylic oxidation sites excluding steroid dienone is 3. The Hall–Kier alpha value is -6.22. The highest BCUT2D eigenvalue weighted by molar-refractivity contribution is 7.25. The number of rotatable bonds is 3. The van der Waals surface area contributed by atoms with Gasteiger partial charge in [0.1, 0.15) is 0 Å². The van der Waals surface area contributed by atoms with E-state index in [1.165, 1.54) is 103 Å². The molecular formula is C49H33NS. The van der Waals surface area contributed by atoms with Crippen LogP contribution in [0.2, 0.25) is 0 Å². The van der Waals surface area contributed by atoms with Crippen molar-refractivity contribution in [1.29, 1.82) is 0 Å². The lowest BCUT2D eigenvalue weighted by molar-refractivity contribution is 1.18. The highest BCUT2D eigenvalue weighted by atomic mass is 32.1. The number of benzene rings is 8. The molecule has 1 aliphatic rings. The van der Waals surface area contributed by atoms with E-state index in [0.717, 1.165) is 0 Å². The molecule has 0 spiro atoms. The van der Waals surface area contributed by atoms with E-state index in [9.17, 15) is 0 Å². The first-order valence-corrected chi connectivity index (χ1v) is 18.3. The van der Waals surface area contributed by atoms with Crippen molar-refractivity contribution in [1.82, 2.24) is 4.57 Å². The first kappa shape index (κ1) is 29.7. The maximum Gasteiger partial charge on any atom is 0.0548 e. The van der Waals surface area contributed by atoms with Crippen LogP contribution >= 0.6 is 11.3 Å². The summed E-state index contributed by atoms with van der Waals surface area (Å²) in [6.45, 7) is 5.42. The minimum Gasteiger partial charge on any atom is -0.309 e. The summed E-state index contributed by atoms with van der Waals surface area (Å²) in [4.78, 5) is 0. The molecule has 8 aromatic carbocycles. The molecule has 11 rings (SSSR count). The molecular weight excluding hydrogens is 635 g/mol. The molecule has 0 fully saturated rings. The van der Waals surface area contributed by atoms with Crippen LogP contribution in [0.5, 0.6) is 0 Å². The number of hydrogen-bond acceptors (Lipinski definition) is 1. The lowest BCUT2D eigenvalue weighted by Gasteiger charge is -2.13. The Balaban J connectivity index is 0.000000616. The Kier molecular flexibility index (Phi) is 6.80. The predicted molar refractivity (Wildman–Crippen MR) is 224 cm³/mol. The average molecular weight is 668 g/mol. The summed E-state index contributed by atoms with van der Waals surface area (Å²) in [7, 11) is 0. The number of fused-ring (bicyclic) bond motifs is 11. The van der Waals surface area contributed by atoms with Crippen LogP contribution in [-0.2, 0) is 0 Å². The largest absolute Gasteiger partial charge is 0.309 e. The molecule has 1 aliphatic carbocycles. The maximum absolute atomic E-state index is 3.46. The Labute approximate surface area is 300 Å². The molecule has 0 saturated carbocycles.